The van der Waals surface area contributed by atoms with E-state index in [4.69, 9.17) is 0 Å². The Morgan fingerprint density at radius 3 is 2.50 bits per heavy atom. The molecule has 0 aromatic rings. The van der Waals surface area contributed by atoms with Gasteiger partial charge in [0.05, 0.1) is 0 Å². The summed E-state index contributed by atoms with van der Waals surface area (Å²) < 4.78 is 11.6. The second-order valence-corrected chi connectivity index (χ2v) is 9.00. The van der Waals surface area contributed by atoms with Crippen molar-refractivity contribution >= 4 is 28.6 Å². The number of hydrogen-bond donors (Lipinski definition) is 2. The molecule has 106 valence electrons. The number of carbonyl (C=O) groups is 1. The molecule has 2 N–H and O–H groups in total. The van der Waals surface area contributed by atoms with Crippen molar-refractivity contribution in [1.29, 1.82) is 0 Å². The van der Waals surface area contributed by atoms with Gasteiger partial charge in [0.15, 0.2) is 0 Å². The van der Waals surface area contributed by atoms with Gasteiger partial charge in [-0.05, 0) is 45.1 Å². The minimum atomic E-state index is -0.906. The Morgan fingerprint density at radius 2 is 1.94 bits per heavy atom. The highest BCUT2D eigenvalue weighted by atomic mass is 32.2. The van der Waals surface area contributed by atoms with Gasteiger partial charge in [-0.15, -0.1) is 0 Å². The maximum absolute atomic E-state index is 11.8. The SMILES string of the molecule is CC(C)(C)[S@](=O)CCNC(=O)NC1CCSCC1. The normalized spacial score (nSPS) is 19.3. The summed E-state index contributed by atoms with van der Waals surface area (Å²) in [6.45, 7) is 6.31. The van der Waals surface area contributed by atoms with Crippen LogP contribution in [0.4, 0.5) is 4.79 Å². The zero-order valence-electron chi connectivity index (χ0n) is 11.5. The van der Waals surface area contributed by atoms with E-state index in [1.165, 1.54) is 0 Å². The summed E-state index contributed by atoms with van der Waals surface area (Å²) in [6, 6.07) is 0.178. The fraction of sp³-hybridized carbons (Fsp3) is 0.917. The van der Waals surface area contributed by atoms with Gasteiger partial charge in [0, 0.05) is 33.9 Å². The second-order valence-electron chi connectivity index (χ2n) is 5.45. The number of nitrogens with one attached hydrogen (secondary N) is 2. The second kappa shape index (κ2) is 7.38. The van der Waals surface area contributed by atoms with Crippen molar-refractivity contribution in [3.8, 4) is 0 Å². The van der Waals surface area contributed by atoms with Crippen molar-refractivity contribution < 1.29 is 9.00 Å². The molecule has 6 heteroatoms. The van der Waals surface area contributed by atoms with Crippen molar-refractivity contribution in [2.75, 3.05) is 23.8 Å². The topological polar surface area (TPSA) is 58.2 Å². The first-order valence-corrected chi connectivity index (χ1v) is 8.87. The molecule has 0 spiro atoms. The van der Waals surface area contributed by atoms with E-state index in [1.807, 2.05) is 32.5 Å². The Hall–Kier alpha value is -0.230. The highest BCUT2D eigenvalue weighted by Gasteiger charge is 2.19. The third-order valence-corrected chi connectivity index (χ3v) is 5.80. The fourth-order valence-corrected chi connectivity index (χ4v) is 3.65. The van der Waals surface area contributed by atoms with E-state index in [9.17, 15) is 9.00 Å². The van der Waals surface area contributed by atoms with Crippen LogP contribution in [0.15, 0.2) is 0 Å². The molecular weight excluding hydrogens is 268 g/mol. The van der Waals surface area contributed by atoms with E-state index < -0.39 is 10.8 Å². The average molecular weight is 292 g/mol. The Kier molecular flexibility index (Phi) is 6.49. The summed E-state index contributed by atoms with van der Waals surface area (Å²) in [5.41, 5.74) is 0. The molecule has 1 atom stereocenters. The maximum Gasteiger partial charge on any atom is 0.315 e. The van der Waals surface area contributed by atoms with Crippen molar-refractivity contribution in [2.45, 2.75) is 44.4 Å². The monoisotopic (exact) mass is 292 g/mol. The van der Waals surface area contributed by atoms with Crippen molar-refractivity contribution in [1.82, 2.24) is 10.6 Å². The Balaban J connectivity index is 2.15. The predicted octanol–water partition coefficient (Wildman–Crippen LogP) is 1.73. The van der Waals surface area contributed by atoms with Gasteiger partial charge in [0.2, 0.25) is 0 Å². The standard InChI is InChI=1S/C12H24N2O2S2/c1-12(2,3)18(16)9-6-13-11(15)14-10-4-7-17-8-5-10/h10H,4-9H2,1-3H3,(H2,13,14,15)/t18-/m1/s1. The third kappa shape index (κ3) is 6.09. The van der Waals surface area contributed by atoms with Crippen molar-refractivity contribution in [3.63, 3.8) is 0 Å². The third-order valence-electron chi connectivity index (χ3n) is 2.81. The van der Waals surface area contributed by atoms with Gasteiger partial charge in [0.1, 0.15) is 0 Å². The first-order chi connectivity index (χ1) is 8.39. The molecule has 1 rings (SSSR count). The average Bonchev–Trinajstić information content (AvgIpc) is 2.28. The highest BCUT2D eigenvalue weighted by Crippen LogP contribution is 2.16. The van der Waals surface area contributed by atoms with Crippen LogP contribution < -0.4 is 10.6 Å². The number of hydrogen-bond acceptors (Lipinski definition) is 3. The number of thioether (sulfide) groups is 1. The van der Waals surface area contributed by atoms with Crippen molar-refractivity contribution in [2.24, 2.45) is 0 Å². The van der Waals surface area contributed by atoms with Crippen LogP contribution >= 0.6 is 11.8 Å². The molecular formula is C12H24N2O2S2. The van der Waals surface area contributed by atoms with Gasteiger partial charge in [-0.1, -0.05) is 0 Å². The predicted molar refractivity (Wildman–Crippen MR) is 79.6 cm³/mol. The van der Waals surface area contributed by atoms with Crippen LogP contribution in [0.3, 0.4) is 0 Å². The van der Waals surface area contributed by atoms with Crippen LogP contribution in [0.5, 0.6) is 0 Å². The van der Waals surface area contributed by atoms with E-state index in [1.54, 1.807) is 0 Å². The summed E-state index contributed by atoms with van der Waals surface area (Å²) >= 11 is 1.94. The van der Waals surface area contributed by atoms with Crippen LogP contribution in [0, 0.1) is 0 Å². The van der Waals surface area contributed by atoms with Gasteiger partial charge in [0.25, 0.3) is 0 Å². The Morgan fingerprint density at radius 1 is 1.33 bits per heavy atom. The molecule has 0 unspecified atom stereocenters. The van der Waals surface area contributed by atoms with Gasteiger partial charge in [-0.25, -0.2) is 4.79 Å². The van der Waals surface area contributed by atoms with E-state index in [0.717, 1.165) is 24.3 Å². The lowest BCUT2D eigenvalue weighted by Crippen LogP contribution is -2.45. The van der Waals surface area contributed by atoms with Gasteiger partial charge in [-0.2, -0.15) is 11.8 Å². The van der Waals surface area contributed by atoms with Crippen molar-refractivity contribution in [3.05, 3.63) is 0 Å². The molecule has 1 saturated heterocycles. The molecule has 0 aliphatic carbocycles. The molecule has 4 nitrogen and oxygen atoms in total. The first kappa shape index (κ1) is 15.8. The molecule has 0 saturated carbocycles. The Labute approximate surface area is 117 Å². The summed E-state index contributed by atoms with van der Waals surface area (Å²) in [6.07, 6.45) is 2.10. The fourth-order valence-electron chi connectivity index (χ4n) is 1.64. The lowest BCUT2D eigenvalue weighted by molar-refractivity contribution is 0.236. The van der Waals surface area contributed by atoms with Crippen LogP contribution in [-0.4, -0.2) is 44.8 Å². The van der Waals surface area contributed by atoms with Gasteiger partial charge < -0.3 is 10.6 Å². The maximum atomic E-state index is 11.8. The lowest BCUT2D eigenvalue weighted by Gasteiger charge is -2.23. The van der Waals surface area contributed by atoms with Crippen LogP contribution in [0.1, 0.15) is 33.6 Å². The number of rotatable bonds is 4. The zero-order valence-corrected chi connectivity index (χ0v) is 13.1. The summed E-state index contributed by atoms with van der Waals surface area (Å²) in [5.74, 6) is 2.76. The molecule has 1 fully saturated rings. The van der Waals surface area contributed by atoms with Crippen LogP contribution in [0.2, 0.25) is 0 Å². The number of amides is 2. The molecule has 1 heterocycles. The number of carbonyl (C=O) groups excluding carboxylic acids is 1. The molecule has 18 heavy (non-hydrogen) atoms. The molecule has 0 radical (unpaired) electrons. The molecule has 2 amide bonds. The van der Waals surface area contributed by atoms with Gasteiger partial charge in [-0.3, -0.25) is 4.21 Å². The van der Waals surface area contributed by atoms with E-state index in [-0.39, 0.29) is 10.8 Å². The highest BCUT2D eigenvalue weighted by molar-refractivity contribution is 7.99. The van der Waals surface area contributed by atoms with E-state index >= 15 is 0 Å². The van der Waals surface area contributed by atoms with Crippen LogP contribution in [0.25, 0.3) is 0 Å². The van der Waals surface area contributed by atoms with Gasteiger partial charge >= 0.3 is 6.03 Å². The summed E-state index contributed by atoms with van der Waals surface area (Å²) in [4.78, 5) is 11.6. The number of urea groups is 1. The van der Waals surface area contributed by atoms with E-state index in [2.05, 4.69) is 10.6 Å². The smallest absolute Gasteiger partial charge is 0.315 e. The molecule has 0 aromatic carbocycles. The minimum Gasteiger partial charge on any atom is -0.337 e. The molecule has 1 aliphatic heterocycles. The molecule has 0 aromatic heterocycles. The first-order valence-electron chi connectivity index (χ1n) is 6.40. The largest absolute Gasteiger partial charge is 0.337 e. The molecule has 1 aliphatic rings. The summed E-state index contributed by atoms with van der Waals surface area (Å²) in [7, 11) is -0.906. The minimum absolute atomic E-state index is 0.127. The lowest BCUT2D eigenvalue weighted by atomic mass is 10.2. The summed E-state index contributed by atoms with van der Waals surface area (Å²) in [5, 5.41) is 5.75. The quantitative estimate of drug-likeness (QED) is 0.829. The van der Waals surface area contributed by atoms with E-state index in [0.29, 0.717) is 18.3 Å². The zero-order chi connectivity index (χ0) is 13.6. The van der Waals surface area contributed by atoms with Crippen LogP contribution in [-0.2, 0) is 10.8 Å². The Bertz CT molecular complexity index is 297. The molecule has 0 bridgehead atoms.